The van der Waals surface area contributed by atoms with Crippen molar-refractivity contribution in [1.82, 2.24) is 10.4 Å². The molecule has 0 saturated heterocycles. The molecule has 170 valence electrons. The molecule has 0 fully saturated rings. The molecule has 0 aliphatic rings. The molecule has 1 atom stereocenters. The smallest absolute Gasteiger partial charge is 0.428 e. The Labute approximate surface area is 197 Å². The van der Waals surface area contributed by atoms with Gasteiger partial charge in [0.05, 0.1) is 12.0 Å². The highest BCUT2D eigenvalue weighted by Crippen LogP contribution is 2.31. The van der Waals surface area contributed by atoms with Crippen molar-refractivity contribution >= 4 is 51.5 Å². The van der Waals surface area contributed by atoms with Gasteiger partial charge in [0, 0.05) is 28.8 Å². The van der Waals surface area contributed by atoms with Crippen molar-refractivity contribution < 1.29 is 19.4 Å². The van der Waals surface area contributed by atoms with E-state index in [2.05, 4.69) is 21.4 Å². The van der Waals surface area contributed by atoms with Crippen LogP contribution in [-0.4, -0.2) is 64.4 Å². The topological polar surface area (TPSA) is 78.9 Å². The number of hydrogen-bond acceptors (Lipinski definition) is 6. The summed E-state index contributed by atoms with van der Waals surface area (Å²) in [6.45, 7) is 7.43. The lowest BCUT2D eigenvalue weighted by Gasteiger charge is -2.32. The zero-order valence-corrected chi connectivity index (χ0v) is 21.6. The zero-order valence-electron chi connectivity index (χ0n) is 18.4. The minimum Gasteiger partial charge on any atom is -0.442 e. The fourth-order valence-electron chi connectivity index (χ4n) is 2.54. The van der Waals surface area contributed by atoms with E-state index in [0.29, 0.717) is 6.42 Å². The number of halogens is 1. The molecule has 2 amide bonds. The lowest BCUT2D eigenvalue weighted by molar-refractivity contribution is -0.130. The van der Waals surface area contributed by atoms with Crippen LogP contribution in [0.25, 0.3) is 0 Å². The molecule has 1 aromatic rings. The van der Waals surface area contributed by atoms with Crippen LogP contribution in [0.15, 0.2) is 28.7 Å². The van der Waals surface area contributed by atoms with Crippen molar-refractivity contribution in [3.8, 4) is 0 Å². The molecule has 9 heteroatoms. The largest absolute Gasteiger partial charge is 0.442 e. The molecular weight excluding hydrogens is 488 g/mol. The van der Waals surface area contributed by atoms with Crippen LogP contribution in [0.2, 0.25) is 0 Å². The highest BCUT2D eigenvalue weighted by Gasteiger charge is 2.36. The number of aliphatic hydroxyl groups excluding tert-OH is 1. The summed E-state index contributed by atoms with van der Waals surface area (Å²) in [6.07, 6.45) is 0.00925. The maximum Gasteiger partial charge on any atom is 0.428 e. The molecule has 0 aliphatic carbocycles. The van der Waals surface area contributed by atoms with Gasteiger partial charge < -0.3 is 9.84 Å². The number of nitrogens with one attached hydrogen (secondary N) is 1. The Hall–Kier alpha value is -0.900. The number of nitrogens with zero attached hydrogens (tertiary/aromatic N) is 1. The van der Waals surface area contributed by atoms with Gasteiger partial charge in [0.1, 0.15) is 5.60 Å². The van der Waals surface area contributed by atoms with Crippen LogP contribution in [-0.2, 0) is 14.9 Å². The summed E-state index contributed by atoms with van der Waals surface area (Å²) in [5, 5.41) is 9.95. The van der Waals surface area contributed by atoms with E-state index in [1.165, 1.54) is 7.05 Å². The van der Waals surface area contributed by atoms with Crippen LogP contribution in [0.1, 0.15) is 39.7 Å². The van der Waals surface area contributed by atoms with Crippen LogP contribution >= 0.6 is 39.5 Å². The van der Waals surface area contributed by atoms with Gasteiger partial charge in [-0.05, 0) is 57.6 Å². The fourth-order valence-corrected chi connectivity index (χ4v) is 4.97. The van der Waals surface area contributed by atoms with E-state index in [1.54, 1.807) is 44.3 Å². The fraction of sp³-hybridized carbons (Fsp3) is 0.619. The first-order valence-electron chi connectivity index (χ1n) is 9.80. The monoisotopic (exact) mass is 520 g/mol. The molecule has 1 aromatic carbocycles. The van der Waals surface area contributed by atoms with Crippen molar-refractivity contribution in [3.05, 3.63) is 34.3 Å². The first-order valence-corrected chi connectivity index (χ1v) is 12.9. The summed E-state index contributed by atoms with van der Waals surface area (Å²) in [6, 6.07) is 7.69. The minimum atomic E-state index is -0.814. The van der Waals surface area contributed by atoms with E-state index < -0.39 is 17.1 Å². The van der Waals surface area contributed by atoms with Gasteiger partial charge in [-0.3, -0.25) is 10.2 Å². The van der Waals surface area contributed by atoms with Gasteiger partial charge in [-0.25, -0.2) is 9.80 Å². The number of aliphatic hydroxyl groups is 1. The molecular formula is C21H33BrN2O4S2. The predicted molar refractivity (Wildman–Crippen MR) is 130 cm³/mol. The number of carbonyl (C=O) groups is 2. The van der Waals surface area contributed by atoms with Crippen LogP contribution in [0.4, 0.5) is 4.79 Å². The standard InChI is InChI=1S/C21H33BrN2O4S2/c1-20(2,3)28-19(27)24(5)23-18(26)21(4,16-7-6-8-17(22)15-16)9-11-29-13-14-30-12-10-25/h6-8,15,25H,9-14H2,1-5H3,(H,23,26). The first kappa shape index (κ1) is 27.1. The number of rotatable bonds is 10. The highest BCUT2D eigenvalue weighted by molar-refractivity contribution is 9.10. The van der Waals surface area contributed by atoms with Crippen LogP contribution < -0.4 is 5.43 Å². The third kappa shape index (κ3) is 9.49. The van der Waals surface area contributed by atoms with Crippen molar-refractivity contribution in [2.75, 3.05) is 36.7 Å². The van der Waals surface area contributed by atoms with E-state index in [-0.39, 0.29) is 12.5 Å². The predicted octanol–water partition coefficient (Wildman–Crippen LogP) is 4.45. The molecule has 1 rings (SSSR count). The maximum atomic E-state index is 13.2. The van der Waals surface area contributed by atoms with Crippen LogP contribution in [0.3, 0.4) is 0 Å². The van der Waals surface area contributed by atoms with Gasteiger partial charge in [-0.15, -0.1) is 0 Å². The first-order chi connectivity index (χ1) is 14.0. The second-order valence-electron chi connectivity index (χ2n) is 8.02. The molecule has 30 heavy (non-hydrogen) atoms. The van der Waals surface area contributed by atoms with Crippen LogP contribution in [0.5, 0.6) is 0 Å². The summed E-state index contributed by atoms with van der Waals surface area (Å²) in [7, 11) is 1.49. The van der Waals surface area contributed by atoms with Gasteiger partial charge in [-0.1, -0.05) is 28.1 Å². The van der Waals surface area contributed by atoms with Gasteiger partial charge in [0.15, 0.2) is 0 Å². The number of hydrogen-bond donors (Lipinski definition) is 2. The molecule has 0 aliphatic heterocycles. The summed E-state index contributed by atoms with van der Waals surface area (Å²) in [4.78, 5) is 25.5. The van der Waals surface area contributed by atoms with E-state index in [4.69, 9.17) is 9.84 Å². The number of carbonyl (C=O) groups excluding carboxylic acids is 2. The van der Waals surface area contributed by atoms with Crippen molar-refractivity contribution in [2.45, 2.75) is 45.1 Å². The Kier molecular flexibility index (Phi) is 11.6. The quantitative estimate of drug-likeness (QED) is 0.350. The number of ether oxygens (including phenoxy) is 1. The second kappa shape index (κ2) is 12.8. The zero-order chi connectivity index (χ0) is 22.8. The third-order valence-corrected chi connectivity index (χ3v) is 6.95. The van der Waals surface area contributed by atoms with Gasteiger partial charge in [0.2, 0.25) is 5.91 Å². The second-order valence-corrected chi connectivity index (χ2v) is 11.4. The van der Waals surface area contributed by atoms with E-state index in [9.17, 15) is 9.59 Å². The van der Waals surface area contributed by atoms with Gasteiger partial charge in [0.25, 0.3) is 0 Å². The van der Waals surface area contributed by atoms with Crippen molar-refractivity contribution in [3.63, 3.8) is 0 Å². The maximum absolute atomic E-state index is 13.2. The molecule has 6 nitrogen and oxygen atoms in total. The molecule has 2 N–H and O–H groups in total. The Bertz CT molecular complexity index is 700. The average Bonchev–Trinajstić information content (AvgIpc) is 2.65. The average molecular weight is 522 g/mol. The summed E-state index contributed by atoms with van der Waals surface area (Å²) < 4.78 is 6.22. The molecule has 0 radical (unpaired) electrons. The Morgan fingerprint density at radius 2 is 1.77 bits per heavy atom. The van der Waals surface area contributed by atoms with Crippen molar-refractivity contribution in [1.29, 1.82) is 0 Å². The Morgan fingerprint density at radius 1 is 1.13 bits per heavy atom. The summed E-state index contributed by atoms with van der Waals surface area (Å²) in [5.41, 5.74) is 2.11. The molecule has 0 bridgehead atoms. The molecule has 0 saturated carbocycles. The van der Waals surface area contributed by atoms with Gasteiger partial charge >= 0.3 is 6.09 Å². The summed E-state index contributed by atoms with van der Waals surface area (Å²) >= 11 is 6.98. The number of thioether (sulfide) groups is 2. The SMILES string of the molecule is CN(NC(=O)C(C)(CCSCCSCCO)c1cccc(Br)c1)C(=O)OC(C)(C)C. The van der Waals surface area contributed by atoms with E-state index >= 15 is 0 Å². The molecule has 0 spiro atoms. The van der Waals surface area contributed by atoms with Gasteiger partial charge in [-0.2, -0.15) is 23.5 Å². The number of amides is 2. The van der Waals surface area contributed by atoms with E-state index in [0.717, 1.165) is 38.1 Å². The molecule has 1 unspecified atom stereocenters. The van der Waals surface area contributed by atoms with Crippen molar-refractivity contribution in [2.24, 2.45) is 0 Å². The van der Waals surface area contributed by atoms with Crippen LogP contribution in [0, 0.1) is 0 Å². The minimum absolute atomic E-state index is 0.196. The molecule has 0 heterocycles. The normalized spacial score (nSPS) is 13.4. The molecule has 0 aromatic heterocycles. The van der Waals surface area contributed by atoms with E-state index in [1.807, 2.05) is 31.2 Å². The highest BCUT2D eigenvalue weighted by atomic mass is 79.9. The number of benzene rings is 1. The lowest BCUT2D eigenvalue weighted by atomic mass is 9.79. The Morgan fingerprint density at radius 3 is 2.33 bits per heavy atom. The third-order valence-electron chi connectivity index (χ3n) is 4.25. The lowest BCUT2D eigenvalue weighted by Crippen LogP contribution is -2.52. The number of hydrazine groups is 1. The Balaban J connectivity index is 2.84. The summed E-state index contributed by atoms with van der Waals surface area (Å²) in [5.74, 6) is 3.21.